The minimum atomic E-state index is -1.47. The summed E-state index contributed by atoms with van der Waals surface area (Å²) < 4.78 is 10.1. The van der Waals surface area contributed by atoms with Gasteiger partial charge < -0.3 is 24.8 Å². The quantitative estimate of drug-likeness (QED) is 0.680. The van der Waals surface area contributed by atoms with Crippen LogP contribution in [0.3, 0.4) is 0 Å². The second-order valence-electron chi connectivity index (χ2n) is 4.41. The molecule has 0 aromatic heterocycles. The van der Waals surface area contributed by atoms with Gasteiger partial charge in [-0.15, -0.1) is 0 Å². The van der Waals surface area contributed by atoms with Crippen molar-refractivity contribution in [3.05, 3.63) is 23.3 Å². The van der Waals surface area contributed by atoms with Crippen LogP contribution in [-0.2, 0) is 4.79 Å². The van der Waals surface area contributed by atoms with Gasteiger partial charge in [0.2, 0.25) is 0 Å². The normalized spacial score (nSPS) is 13.3. The van der Waals surface area contributed by atoms with E-state index in [1.165, 1.54) is 33.3 Å². The Balaban J connectivity index is 3.19. The number of ether oxygens (including phenoxy) is 2. The fourth-order valence-corrected chi connectivity index (χ4v) is 2.41. The number of aromatic carboxylic acids is 1. The Kier molecular flexibility index (Phi) is 6.66. The van der Waals surface area contributed by atoms with Crippen LogP contribution >= 0.6 is 11.8 Å². The zero-order chi connectivity index (χ0) is 16.9. The fourth-order valence-electron chi connectivity index (χ4n) is 1.83. The van der Waals surface area contributed by atoms with Crippen LogP contribution in [0.1, 0.15) is 28.9 Å². The van der Waals surface area contributed by atoms with Crippen molar-refractivity contribution in [3.63, 3.8) is 0 Å². The average molecular weight is 330 g/mol. The third-order valence-corrected chi connectivity index (χ3v) is 3.84. The van der Waals surface area contributed by atoms with Gasteiger partial charge in [-0.1, -0.05) is 11.8 Å². The number of carbonyl (C=O) groups is 2. The molecule has 0 aliphatic rings. The SMILES string of the molecule is COc1cc(C(=O)O)c(C(O)C(O)CSC(C)=O)cc1OC. The summed E-state index contributed by atoms with van der Waals surface area (Å²) in [4.78, 5) is 22.2. The molecule has 0 amide bonds. The number of aliphatic hydroxyl groups is 2. The molecule has 0 aliphatic heterocycles. The fraction of sp³-hybridized carbons (Fsp3) is 0.429. The molecule has 2 unspecified atom stereocenters. The lowest BCUT2D eigenvalue weighted by atomic mass is 9.98. The maximum atomic E-state index is 11.3. The van der Waals surface area contributed by atoms with Crippen LogP contribution < -0.4 is 9.47 Å². The average Bonchev–Trinajstić information content (AvgIpc) is 2.50. The number of carbonyl (C=O) groups excluding carboxylic acids is 1. The summed E-state index contributed by atoms with van der Waals surface area (Å²) in [6.07, 6.45) is -2.78. The summed E-state index contributed by atoms with van der Waals surface area (Å²) in [6, 6.07) is 2.51. The van der Waals surface area contributed by atoms with E-state index in [0.29, 0.717) is 0 Å². The van der Waals surface area contributed by atoms with E-state index in [1.807, 2.05) is 0 Å². The second kappa shape index (κ2) is 8.02. The number of carboxylic acids is 1. The minimum absolute atomic E-state index is 0.0122. The molecule has 0 aliphatic carbocycles. The molecule has 0 bridgehead atoms. The number of methoxy groups -OCH3 is 2. The molecule has 7 nitrogen and oxygen atoms in total. The smallest absolute Gasteiger partial charge is 0.336 e. The molecule has 1 rings (SSSR count). The van der Waals surface area contributed by atoms with Crippen molar-refractivity contribution in [1.29, 1.82) is 0 Å². The number of rotatable bonds is 7. The monoisotopic (exact) mass is 330 g/mol. The largest absolute Gasteiger partial charge is 0.493 e. The molecule has 0 spiro atoms. The van der Waals surface area contributed by atoms with E-state index in [9.17, 15) is 24.9 Å². The van der Waals surface area contributed by atoms with Crippen molar-refractivity contribution in [2.24, 2.45) is 0 Å². The standard InChI is InChI=1S/C14H18O7S/c1-7(15)22-6-10(16)13(17)8-4-11(20-2)12(21-3)5-9(8)14(18)19/h4-5,10,13,16-17H,6H2,1-3H3,(H,18,19). The molecule has 2 atom stereocenters. The van der Waals surface area contributed by atoms with E-state index in [2.05, 4.69) is 0 Å². The topological polar surface area (TPSA) is 113 Å². The number of hydrogen-bond acceptors (Lipinski definition) is 7. The van der Waals surface area contributed by atoms with Crippen molar-refractivity contribution < 1.29 is 34.4 Å². The zero-order valence-electron chi connectivity index (χ0n) is 12.4. The van der Waals surface area contributed by atoms with Crippen LogP contribution in [-0.4, -0.2) is 52.5 Å². The molecule has 0 fully saturated rings. The van der Waals surface area contributed by atoms with Gasteiger partial charge in [-0.2, -0.15) is 0 Å². The molecular formula is C14H18O7S. The first-order valence-electron chi connectivity index (χ1n) is 6.30. The molecular weight excluding hydrogens is 312 g/mol. The maximum Gasteiger partial charge on any atom is 0.336 e. The maximum absolute atomic E-state index is 11.3. The Morgan fingerprint density at radius 2 is 1.73 bits per heavy atom. The number of hydrogen-bond donors (Lipinski definition) is 3. The molecule has 22 heavy (non-hydrogen) atoms. The highest BCUT2D eigenvalue weighted by Crippen LogP contribution is 2.34. The van der Waals surface area contributed by atoms with Gasteiger partial charge >= 0.3 is 5.97 Å². The van der Waals surface area contributed by atoms with E-state index in [1.54, 1.807) is 0 Å². The molecule has 0 saturated carbocycles. The molecule has 0 heterocycles. The van der Waals surface area contributed by atoms with Crippen molar-refractivity contribution in [1.82, 2.24) is 0 Å². The molecule has 0 saturated heterocycles. The Morgan fingerprint density at radius 1 is 1.18 bits per heavy atom. The first kappa shape index (κ1) is 18.3. The van der Waals surface area contributed by atoms with Crippen LogP contribution in [0.4, 0.5) is 0 Å². The Labute approximate surface area is 131 Å². The van der Waals surface area contributed by atoms with Crippen LogP contribution in [0.25, 0.3) is 0 Å². The van der Waals surface area contributed by atoms with Gasteiger partial charge in [0.15, 0.2) is 16.6 Å². The highest BCUT2D eigenvalue weighted by atomic mass is 32.2. The molecule has 1 aromatic carbocycles. The highest BCUT2D eigenvalue weighted by Gasteiger charge is 2.26. The van der Waals surface area contributed by atoms with Crippen LogP contribution in [0.5, 0.6) is 11.5 Å². The lowest BCUT2D eigenvalue weighted by Crippen LogP contribution is -2.23. The van der Waals surface area contributed by atoms with Gasteiger partial charge in [-0.05, 0) is 12.1 Å². The molecule has 0 radical (unpaired) electrons. The Hall–Kier alpha value is -1.77. The van der Waals surface area contributed by atoms with Crippen molar-refractivity contribution in [2.45, 2.75) is 19.1 Å². The lowest BCUT2D eigenvalue weighted by molar-refractivity contribution is -0.109. The molecule has 8 heteroatoms. The van der Waals surface area contributed by atoms with Crippen molar-refractivity contribution in [3.8, 4) is 11.5 Å². The molecule has 122 valence electrons. The van der Waals surface area contributed by atoms with E-state index >= 15 is 0 Å². The lowest BCUT2D eigenvalue weighted by Gasteiger charge is -2.20. The Bertz CT molecular complexity index is 558. The van der Waals surface area contributed by atoms with Crippen molar-refractivity contribution >= 4 is 22.8 Å². The summed E-state index contributed by atoms with van der Waals surface area (Å²) >= 11 is 0.842. The predicted octanol–water partition coefficient (Wildman–Crippen LogP) is 1.08. The third kappa shape index (κ3) is 4.36. The van der Waals surface area contributed by atoms with Gasteiger partial charge in [0.25, 0.3) is 0 Å². The van der Waals surface area contributed by atoms with Crippen LogP contribution in [0, 0.1) is 0 Å². The summed E-state index contributed by atoms with van der Waals surface area (Å²) in [5.74, 6) is -0.901. The van der Waals surface area contributed by atoms with Gasteiger partial charge in [-0.25, -0.2) is 4.79 Å². The Morgan fingerprint density at radius 3 is 2.18 bits per heavy atom. The number of carboxylic acid groups (broad SMARTS) is 1. The van der Waals surface area contributed by atoms with E-state index in [0.717, 1.165) is 11.8 Å². The van der Waals surface area contributed by atoms with Gasteiger partial charge in [0.1, 0.15) is 6.10 Å². The number of aliphatic hydroxyl groups excluding tert-OH is 2. The first-order chi connectivity index (χ1) is 10.3. The number of thioether (sulfide) groups is 1. The summed E-state index contributed by atoms with van der Waals surface area (Å²) in [7, 11) is 2.73. The summed E-state index contributed by atoms with van der Waals surface area (Å²) in [5.41, 5.74) is -0.223. The van der Waals surface area contributed by atoms with Gasteiger partial charge in [0.05, 0.1) is 25.9 Å². The van der Waals surface area contributed by atoms with Gasteiger partial charge in [0, 0.05) is 18.2 Å². The predicted molar refractivity (Wildman–Crippen MR) is 80.6 cm³/mol. The third-order valence-electron chi connectivity index (χ3n) is 2.93. The summed E-state index contributed by atoms with van der Waals surface area (Å²) in [5, 5.41) is 29.1. The van der Waals surface area contributed by atoms with E-state index in [-0.39, 0.29) is 33.5 Å². The summed E-state index contributed by atoms with van der Waals surface area (Å²) in [6.45, 7) is 1.34. The minimum Gasteiger partial charge on any atom is -0.493 e. The number of benzene rings is 1. The molecule has 3 N–H and O–H groups in total. The van der Waals surface area contributed by atoms with Gasteiger partial charge in [-0.3, -0.25) is 4.79 Å². The zero-order valence-corrected chi connectivity index (χ0v) is 13.2. The van der Waals surface area contributed by atoms with Crippen LogP contribution in [0.2, 0.25) is 0 Å². The molecule has 1 aromatic rings. The highest BCUT2D eigenvalue weighted by molar-refractivity contribution is 8.13. The second-order valence-corrected chi connectivity index (χ2v) is 5.61. The first-order valence-corrected chi connectivity index (χ1v) is 7.29. The van der Waals surface area contributed by atoms with E-state index < -0.39 is 18.2 Å². The van der Waals surface area contributed by atoms with Crippen molar-refractivity contribution in [2.75, 3.05) is 20.0 Å². The van der Waals surface area contributed by atoms with Crippen LogP contribution in [0.15, 0.2) is 12.1 Å². The van der Waals surface area contributed by atoms with E-state index in [4.69, 9.17) is 9.47 Å².